The van der Waals surface area contributed by atoms with Gasteiger partial charge in [-0.3, -0.25) is 9.59 Å². The number of aliphatic hydroxyl groups excluding tert-OH is 1. The lowest BCUT2D eigenvalue weighted by molar-refractivity contribution is -0.153. The van der Waals surface area contributed by atoms with Crippen molar-refractivity contribution in [3.05, 3.63) is 39.7 Å². The van der Waals surface area contributed by atoms with Crippen LogP contribution in [-0.2, 0) is 5.41 Å². The molecule has 0 amide bonds. The van der Waals surface area contributed by atoms with Gasteiger partial charge in [0.1, 0.15) is 5.75 Å². The van der Waals surface area contributed by atoms with Crippen molar-refractivity contribution in [1.82, 2.24) is 4.98 Å². The Morgan fingerprint density at radius 3 is 2.24 bits per heavy atom. The molecular formula is C17H20F3NO4. The number of hydrogen-bond donors (Lipinski definition) is 2. The molecule has 8 heteroatoms. The largest absolute Gasteiger partial charge is 0.484 e. The van der Waals surface area contributed by atoms with E-state index in [4.69, 9.17) is 9.84 Å². The van der Waals surface area contributed by atoms with Gasteiger partial charge in [0.25, 0.3) is 0 Å². The van der Waals surface area contributed by atoms with E-state index in [0.717, 1.165) is 13.2 Å². The van der Waals surface area contributed by atoms with E-state index in [0.29, 0.717) is 17.4 Å². The topological polar surface area (TPSA) is 79.4 Å². The first-order chi connectivity index (χ1) is 11.5. The number of pyridine rings is 1. The quantitative estimate of drug-likeness (QED) is 0.825. The van der Waals surface area contributed by atoms with Crippen molar-refractivity contribution in [1.29, 1.82) is 0 Å². The van der Waals surface area contributed by atoms with E-state index in [2.05, 4.69) is 4.98 Å². The summed E-state index contributed by atoms with van der Waals surface area (Å²) in [5, 5.41) is 7.18. The van der Waals surface area contributed by atoms with Crippen molar-refractivity contribution in [3.63, 3.8) is 0 Å². The highest BCUT2D eigenvalue weighted by Gasteiger charge is 2.29. The van der Waals surface area contributed by atoms with Gasteiger partial charge in [0.15, 0.2) is 18.3 Å². The minimum Gasteiger partial charge on any atom is -0.484 e. The predicted molar refractivity (Wildman–Crippen MR) is 88.3 cm³/mol. The molecule has 0 saturated carbocycles. The van der Waals surface area contributed by atoms with E-state index < -0.39 is 23.6 Å². The molecule has 0 aliphatic rings. The fraction of sp³-hybridized carbons (Fsp3) is 0.412. The average molecular weight is 359 g/mol. The van der Waals surface area contributed by atoms with E-state index in [1.54, 1.807) is 0 Å². The molecule has 0 fully saturated rings. The highest BCUT2D eigenvalue weighted by molar-refractivity contribution is 5.87. The van der Waals surface area contributed by atoms with Crippen LogP contribution in [0.1, 0.15) is 36.8 Å². The lowest BCUT2D eigenvalue weighted by Gasteiger charge is -2.22. The molecule has 1 aromatic carbocycles. The minimum absolute atomic E-state index is 0.0379. The molecular weight excluding hydrogens is 339 g/mol. The maximum atomic E-state index is 12.3. The van der Waals surface area contributed by atoms with Crippen LogP contribution in [0, 0.1) is 0 Å². The zero-order chi connectivity index (χ0) is 19.4. The number of benzene rings is 1. The molecule has 1 aromatic heterocycles. The molecule has 2 N–H and O–H groups in total. The van der Waals surface area contributed by atoms with Crippen LogP contribution in [0.3, 0.4) is 0 Å². The molecule has 25 heavy (non-hydrogen) atoms. The molecule has 0 radical (unpaired) electrons. The highest BCUT2D eigenvalue weighted by Crippen LogP contribution is 2.32. The third-order valence-corrected chi connectivity index (χ3v) is 3.27. The number of aromatic nitrogens is 1. The number of aldehydes is 1. The first-order valence-electron chi connectivity index (χ1n) is 7.32. The van der Waals surface area contributed by atoms with Gasteiger partial charge in [0, 0.05) is 18.6 Å². The van der Waals surface area contributed by atoms with Gasteiger partial charge in [0.05, 0.1) is 11.2 Å². The van der Waals surface area contributed by atoms with Crippen molar-refractivity contribution in [2.75, 3.05) is 13.7 Å². The zero-order valence-corrected chi connectivity index (χ0v) is 14.3. The molecule has 0 saturated heterocycles. The van der Waals surface area contributed by atoms with Crippen LogP contribution in [-0.4, -0.2) is 36.3 Å². The van der Waals surface area contributed by atoms with Crippen LogP contribution in [0.2, 0.25) is 0 Å². The normalized spacial score (nSPS) is 11.7. The zero-order valence-electron chi connectivity index (χ0n) is 14.3. The number of carbonyl (C=O) groups is 1. The summed E-state index contributed by atoms with van der Waals surface area (Å²) >= 11 is 0. The number of ether oxygens (including phenoxy) is 1. The van der Waals surface area contributed by atoms with E-state index in [-0.39, 0.29) is 16.8 Å². The summed E-state index contributed by atoms with van der Waals surface area (Å²) in [6.45, 7) is 4.11. The number of fused-ring (bicyclic) bond motifs is 1. The summed E-state index contributed by atoms with van der Waals surface area (Å²) in [5.41, 5.74) is 0.195. The maximum Gasteiger partial charge on any atom is 0.422 e. The van der Waals surface area contributed by atoms with Gasteiger partial charge in [-0.05, 0) is 23.1 Å². The van der Waals surface area contributed by atoms with Crippen molar-refractivity contribution in [3.8, 4) is 5.75 Å². The molecule has 0 bridgehead atoms. The van der Waals surface area contributed by atoms with Gasteiger partial charge < -0.3 is 14.8 Å². The third kappa shape index (κ3) is 5.32. The molecule has 2 rings (SSSR count). The molecule has 138 valence electrons. The first-order valence-corrected chi connectivity index (χ1v) is 7.32. The Balaban J connectivity index is 0.00000151. The molecule has 0 unspecified atom stereocenters. The van der Waals surface area contributed by atoms with Crippen molar-refractivity contribution < 1.29 is 27.8 Å². The van der Waals surface area contributed by atoms with Crippen LogP contribution in [0.4, 0.5) is 13.2 Å². The van der Waals surface area contributed by atoms with Gasteiger partial charge in [-0.15, -0.1) is 0 Å². The number of aromatic amines is 1. The lowest BCUT2D eigenvalue weighted by Crippen LogP contribution is -2.20. The summed E-state index contributed by atoms with van der Waals surface area (Å²) in [4.78, 5) is 25.9. The molecule has 1 heterocycles. The number of nitrogens with one attached hydrogen (secondary N) is 1. The molecule has 2 aromatic rings. The number of halogens is 3. The minimum atomic E-state index is -4.47. The van der Waals surface area contributed by atoms with Gasteiger partial charge in [-0.25, -0.2) is 0 Å². The number of alkyl halides is 3. The Bertz CT molecular complexity index is 804. The summed E-state index contributed by atoms with van der Waals surface area (Å²) in [7, 11) is 1.00. The van der Waals surface area contributed by atoms with Gasteiger partial charge in [0.2, 0.25) is 0 Å². The first kappa shape index (κ1) is 20.7. The second-order valence-corrected chi connectivity index (χ2v) is 6.25. The van der Waals surface area contributed by atoms with Crippen LogP contribution in [0.15, 0.2) is 23.0 Å². The van der Waals surface area contributed by atoms with Crippen molar-refractivity contribution in [2.24, 2.45) is 0 Å². The van der Waals surface area contributed by atoms with Gasteiger partial charge in [-0.2, -0.15) is 13.2 Å². The fourth-order valence-corrected chi connectivity index (χ4v) is 2.25. The van der Waals surface area contributed by atoms with E-state index in [1.807, 2.05) is 20.8 Å². The number of aliphatic hydroxyl groups is 1. The smallest absolute Gasteiger partial charge is 0.422 e. The summed E-state index contributed by atoms with van der Waals surface area (Å²) in [6, 6.07) is 3.82. The third-order valence-electron chi connectivity index (χ3n) is 3.27. The average Bonchev–Trinajstić information content (AvgIpc) is 2.52. The second kappa shape index (κ2) is 7.69. The van der Waals surface area contributed by atoms with E-state index in [9.17, 15) is 22.8 Å². The fourth-order valence-electron chi connectivity index (χ4n) is 2.25. The number of hydrogen-bond acceptors (Lipinski definition) is 4. The van der Waals surface area contributed by atoms with Gasteiger partial charge >= 0.3 is 6.18 Å². The highest BCUT2D eigenvalue weighted by atomic mass is 19.4. The van der Waals surface area contributed by atoms with Crippen molar-refractivity contribution in [2.45, 2.75) is 32.4 Å². The SMILES string of the molecule is CC(C)(C)c1cc(OCC(F)(F)F)cc2c(=O)cc(C=O)[nH]c12.CO. The maximum absolute atomic E-state index is 12.3. The van der Waals surface area contributed by atoms with Crippen molar-refractivity contribution >= 4 is 17.2 Å². The summed E-state index contributed by atoms with van der Waals surface area (Å²) in [5.74, 6) is -0.0379. The second-order valence-electron chi connectivity index (χ2n) is 6.25. The Labute approximate surface area is 142 Å². The Morgan fingerprint density at radius 2 is 1.76 bits per heavy atom. The standard InChI is InChI=1S/C16H16F3NO3.CH4O/c1-15(2,3)12-6-10(23-8-16(17,18)19)5-11-13(22)4-9(7-21)20-14(11)12;1-2/h4-7H,8H2,1-3H3,(H,20,22);2H,1H3. The molecule has 0 atom stereocenters. The van der Waals surface area contributed by atoms with Crippen LogP contribution >= 0.6 is 0 Å². The lowest BCUT2D eigenvalue weighted by atomic mass is 9.85. The number of rotatable bonds is 3. The van der Waals surface area contributed by atoms with E-state index >= 15 is 0 Å². The molecule has 0 aliphatic heterocycles. The Hall–Kier alpha value is -2.35. The monoisotopic (exact) mass is 359 g/mol. The Kier molecular flexibility index (Phi) is 6.37. The van der Waals surface area contributed by atoms with E-state index in [1.165, 1.54) is 12.1 Å². The Morgan fingerprint density at radius 1 is 1.16 bits per heavy atom. The van der Waals surface area contributed by atoms with Crippen LogP contribution < -0.4 is 10.2 Å². The molecule has 0 aliphatic carbocycles. The number of carbonyl (C=O) groups excluding carboxylic acids is 1. The van der Waals surface area contributed by atoms with Gasteiger partial charge in [-0.1, -0.05) is 20.8 Å². The predicted octanol–water partition coefficient (Wildman–Crippen LogP) is 3.19. The van der Waals surface area contributed by atoms with Crippen LogP contribution in [0.25, 0.3) is 10.9 Å². The molecule has 5 nitrogen and oxygen atoms in total. The summed E-state index contributed by atoms with van der Waals surface area (Å²) in [6.07, 6.45) is -3.95. The molecule has 0 spiro atoms. The number of H-pyrrole nitrogens is 1. The van der Waals surface area contributed by atoms with Crippen LogP contribution in [0.5, 0.6) is 5.75 Å². The summed E-state index contributed by atoms with van der Waals surface area (Å²) < 4.78 is 41.8.